The molecule has 0 radical (unpaired) electrons. The highest BCUT2D eigenvalue weighted by Crippen LogP contribution is 2.38. The molecule has 0 amide bonds. The molecular formula is C26H27N5O2. The summed E-state index contributed by atoms with van der Waals surface area (Å²) in [6.45, 7) is 2.31. The molecule has 5 rings (SSSR count). The van der Waals surface area contributed by atoms with Gasteiger partial charge in [0.1, 0.15) is 17.5 Å². The molecule has 7 heteroatoms. The molecule has 0 saturated carbocycles. The number of ether oxygens (including phenoxy) is 2. The van der Waals surface area contributed by atoms with Gasteiger partial charge >= 0.3 is 0 Å². The first-order valence-electron chi connectivity index (χ1n) is 11.1. The molecule has 2 heterocycles. The molecule has 1 aliphatic rings. The highest BCUT2D eigenvalue weighted by Gasteiger charge is 2.32. The third-order valence-electron chi connectivity index (χ3n) is 6.24. The predicted octanol–water partition coefficient (Wildman–Crippen LogP) is 3.89. The van der Waals surface area contributed by atoms with E-state index in [0.717, 1.165) is 48.0 Å². The summed E-state index contributed by atoms with van der Waals surface area (Å²) in [5.74, 6) is 2.30. The Morgan fingerprint density at radius 2 is 1.70 bits per heavy atom. The number of methoxy groups -OCH3 is 2. The molecule has 168 valence electrons. The van der Waals surface area contributed by atoms with Crippen LogP contribution >= 0.6 is 0 Å². The van der Waals surface area contributed by atoms with Crippen LogP contribution in [-0.4, -0.2) is 45.9 Å². The monoisotopic (exact) mass is 441 g/mol. The Bertz CT molecular complexity index is 1220. The summed E-state index contributed by atoms with van der Waals surface area (Å²) in [6, 6.07) is 24.7. The lowest BCUT2D eigenvalue weighted by atomic mass is 9.95. The molecule has 4 aromatic rings. The first kappa shape index (κ1) is 21.2. The Morgan fingerprint density at radius 1 is 0.909 bits per heavy atom. The molecule has 0 saturated heterocycles. The normalized spacial score (nSPS) is 14.5. The maximum absolute atomic E-state index is 5.80. The summed E-state index contributed by atoms with van der Waals surface area (Å²) in [7, 11) is 3.35. The second-order valence-electron chi connectivity index (χ2n) is 8.18. The second kappa shape index (κ2) is 9.42. The van der Waals surface area contributed by atoms with Gasteiger partial charge in [-0.3, -0.25) is 4.90 Å². The van der Waals surface area contributed by atoms with Crippen molar-refractivity contribution in [2.75, 3.05) is 20.8 Å². The van der Waals surface area contributed by atoms with E-state index >= 15 is 0 Å². The van der Waals surface area contributed by atoms with Crippen molar-refractivity contribution < 1.29 is 9.47 Å². The molecule has 0 spiro atoms. The summed E-state index contributed by atoms with van der Waals surface area (Å²) >= 11 is 0. The summed E-state index contributed by atoms with van der Waals surface area (Å²) in [5.41, 5.74) is 4.90. The predicted molar refractivity (Wildman–Crippen MR) is 125 cm³/mol. The number of tetrazole rings is 1. The van der Waals surface area contributed by atoms with Gasteiger partial charge in [0.25, 0.3) is 0 Å². The number of benzene rings is 3. The van der Waals surface area contributed by atoms with Crippen LogP contribution in [0.4, 0.5) is 0 Å². The first-order valence-corrected chi connectivity index (χ1v) is 11.1. The van der Waals surface area contributed by atoms with Gasteiger partial charge in [0.05, 0.1) is 20.8 Å². The van der Waals surface area contributed by atoms with E-state index in [9.17, 15) is 0 Å². The fourth-order valence-electron chi connectivity index (χ4n) is 4.56. The van der Waals surface area contributed by atoms with Crippen molar-refractivity contribution in [2.45, 2.75) is 25.6 Å². The van der Waals surface area contributed by atoms with Gasteiger partial charge in [-0.05, 0) is 45.7 Å². The first-order chi connectivity index (χ1) is 16.3. The molecule has 33 heavy (non-hydrogen) atoms. The summed E-state index contributed by atoms with van der Waals surface area (Å²) in [4.78, 5) is 2.43. The van der Waals surface area contributed by atoms with Gasteiger partial charge in [0.15, 0.2) is 5.82 Å². The quantitative estimate of drug-likeness (QED) is 0.434. The number of nitrogens with zero attached hydrogens (tertiary/aromatic N) is 5. The number of fused-ring (bicyclic) bond motifs is 1. The van der Waals surface area contributed by atoms with Crippen LogP contribution < -0.4 is 9.47 Å². The van der Waals surface area contributed by atoms with E-state index in [4.69, 9.17) is 9.47 Å². The Balaban J connectivity index is 1.58. The van der Waals surface area contributed by atoms with Gasteiger partial charge in [-0.15, -0.1) is 5.10 Å². The Hall–Kier alpha value is -3.71. The van der Waals surface area contributed by atoms with Crippen molar-refractivity contribution in [1.82, 2.24) is 25.1 Å². The lowest BCUT2D eigenvalue weighted by molar-refractivity contribution is 0.191. The van der Waals surface area contributed by atoms with Crippen molar-refractivity contribution in [3.63, 3.8) is 0 Å². The second-order valence-corrected chi connectivity index (χ2v) is 8.18. The maximum Gasteiger partial charge on any atom is 0.173 e. The zero-order valence-corrected chi connectivity index (χ0v) is 18.9. The summed E-state index contributed by atoms with van der Waals surface area (Å²) in [6.07, 6.45) is 0.978. The van der Waals surface area contributed by atoms with E-state index in [1.54, 1.807) is 14.2 Å². The van der Waals surface area contributed by atoms with E-state index < -0.39 is 0 Å². The van der Waals surface area contributed by atoms with Crippen LogP contribution in [0.2, 0.25) is 0 Å². The van der Waals surface area contributed by atoms with Crippen molar-refractivity contribution in [3.8, 4) is 11.5 Å². The lowest BCUT2D eigenvalue weighted by Gasteiger charge is -2.35. The molecule has 1 atom stereocenters. The third kappa shape index (κ3) is 4.32. The lowest BCUT2D eigenvalue weighted by Crippen LogP contribution is -2.36. The Kier molecular flexibility index (Phi) is 6.04. The Morgan fingerprint density at radius 3 is 2.48 bits per heavy atom. The van der Waals surface area contributed by atoms with Crippen molar-refractivity contribution in [3.05, 3.63) is 101 Å². The molecule has 0 N–H and O–H groups in total. The smallest absolute Gasteiger partial charge is 0.173 e. The number of rotatable bonds is 7. The van der Waals surface area contributed by atoms with E-state index in [1.165, 1.54) is 11.1 Å². The molecule has 7 nitrogen and oxygen atoms in total. The van der Waals surface area contributed by atoms with Crippen molar-refractivity contribution in [2.24, 2.45) is 0 Å². The molecule has 3 aromatic carbocycles. The minimum Gasteiger partial charge on any atom is -0.497 e. The van der Waals surface area contributed by atoms with Gasteiger partial charge in [-0.1, -0.05) is 54.6 Å². The molecule has 0 aliphatic carbocycles. The number of hydrogen-bond donors (Lipinski definition) is 0. The minimum atomic E-state index is -0.169. The minimum absolute atomic E-state index is 0.169. The summed E-state index contributed by atoms with van der Waals surface area (Å²) in [5, 5.41) is 12.9. The standard InChI is InChI=1S/C26H27N5O2/c1-32-22-12-13-23(24(16-22)33-2)25(30-15-14-20-10-6-7-11-21(20)18-30)26-27-28-29-31(26)17-19-8-4-3-5-9-19/h3-13,16,25H,14-15,17-18H2,1-2H3. The third-order valence-corrected chi connectivity index (χ3v) is 6.24. The van der Waals surface area contributed by atoms with Gasteiger partial charge in [-0.25, -0.2) is 4.68 Å². The van der Waals surface area contributed by atoms with Gasteiger partial charge in [0, 0.05) is 24.7 Å². The van der Waals surface area contributed by atoms with Gasteiger partial charge in [-0.2, -0.15) is 0 Å². The fraction of sp³-hybridized carbons (Fsp3) is 0.269. The molecule has 1 aliphatic heterocycles. The molecule has 0 bridgehead atoms. The van der Waals surface area contributed by atoms with Crippen LogP contribution in [0.5, 0.6) is 11.5 Å². The fourth-order valence-corrected chi connectivity index (χ4v) is 4.56. The average molecular weight is 442 g/mol. The molecular weight excluding hydrogens is 414 g/mol. The van der Waals surface area contributed by atoms with Crippen LogP contribution in [0.25, 0.3) is 0 Å². The topological polar surface area (TPSA) is 65.3 Å². The van der Waals surface area contributed by atoms with Crippen LogP contribution in [0.3, 0.4) is 0 Å². The summed E-state index contributed by atoms with van der Waals surface area (Å²) < 4.78 is 13.1. The van der Waals surface area contributed by atoms with Gasteiger partial charge < -0.3 is 9.47 Å². The van der Waals surface area contributed by atoms with E-state index in [1.807, 2.05) is 35.0 Å². The largest absolute Gasteiger partial charge is 0.497 e. The van der Waals surface area contributed by atoms with Crippen molar-refractivity contribution >= 4 is 0 Å². The highest BCUT2D eigenvalue weighted by molar-refractivity contribution is 5.45. The van der Waals surface area contributed by atoms with Crippen molar-refractivity contribution in [1.29, 1.82) is 0 Å². The van der Waals surface area contributed by atoms with Gasteiger partial charge in [0.2, 0.25) is 0 Å². The van der Waals surface area contributed by atoms with E-state index in [-0.39, 0.29) is 6.04 Å². The van der Waals surface area contributed by atoms with Crippen LogP contribution in [0.15, 0.2) is 72.8 Å². The molecule has 1 aromatic heterocycles. The average Bonchev–Trinajstić information content (AvgIpc) is 3.32. The molecule has 1 unspecified atom stereocenters. The SMILES string of the molecule is COc1ccc(C(c2nnnn2Cc2ccccc2)N2CCc3ccccc3C2)c(OC)c1. The van der Waals surface area contributed by atoms with E-state index in [2.05, 4.69) is 62.9 Å². The zero-order chi connectivity index (χ0) is 22.6. The number of hydrogen-bond acceptors (Lipinski definition) is 6. The highest BCUT2D eigenvalue weighted by atomic mass is 16.5. The molecule has 0 fully saturated rings. The Labute approximate surface area is 193 Å². The zero-order valence-electron chi connectivity index (χ0n) is 18.9. The number of aromatic nitrogens is 4. The maximum atomic E-state index is 5.80. The van der Waals surface area contributed by atoms with Crippen LogP contribution in [0, 0.1) is 0 Å². The van der Waals surface area contributed by atoms with Crippen LogP contribution in [0.1, 0.15) is 34.1 Å². The van der Waals surface area contributed by atoms with Crippen LogP contribution in [-0.2, 0) is 19.5 Å². The van der Waals surface area contributed by atoms with E-state index in [0.29, 0.717) is 6.54 Å².